The minimum absolute atomic E-state index is 0. The van der Waals surface area contributed by atoms with E-state index in [4.69, 9.17) is 14.4 Å². The number of phenolic OH excluding ortho intramolecular Hbond substituents is 1. The van der Waals surface area contributed by atoms with E-state index in [0.717, 1.165) is 88.7 Å². The van der Waals surface area contributed by atoms with Crippen LogP contribution in [-0.4, -0.2) is 19.6 Å². The van der Waals surface area contributed by atoms with Gasteiger partial charge in [0.15, 0.2) is 0 Å². The molecule has 10 aromatic rings. The average Bonchev–Trinajstić information content (AvgIpc) is 3.84. The first-order valence-electron chi connectivity index (χ1n) is 21.9. The third-order valence-electron chi connectivity index (χ3n) is 12.5. The zero-order chi connectivity index (χ0) is 44.0. The fourth-order valence-electron chi connectivity index (χ4n) is 8.91. The van der Waals surface area contributed by atoms with Crippen molar-refractivity contribution in [3.05, 3.63) is 168 Å². The monoisotopic (exact) mass is 1020 g/mol. The summed E-state index contributed by atoms with van der Waals surface area (Å²) in [5.74, 6) is 0.873. The maximum Gasteiger partial charge on any atom is 0.147 e. The molecule has 64 heavy (non-hydrogen) atoms. The maximum absolute atomic E-state index is 11.8. The second-order valence-electron chi connectivity index (χ2n) is 20.0. The average molecular weight is 1020 g/mol. The molecule has 6 heteroatoms. The van der Waals surface area contributed by atoms with Gasteiger partial charge in [0.2, 0.25) is 0 Å². The van der Waals surface area contributed by atoms with Crippen LogP contribution in [0.2, 0.25) is 0 Å². The molecule has 5 nitrogen and oxygen atoms in total. The maximum atomic E-state index is 11.8. The van der Waals surface area contributed by atoms with E-state index in [1.807, 2.05) is 42.6 Å². The number of nitrogens with zero attached hydrogens (tertiary/aromatic N) is 3. The predicted octanol–water partition coefficient (Wildman–Crippen LogP) is 15.5. The zero-order valence-electron chi connectivity index (χ0n) is 37.9. The smallest absolute Gasteiger partial charge is 0.147 e. The standard InChI is InChI=1S/C58H52N3O2.Pt/c1-56(2,3)39-24-26-47(45(33-39)35-17-11-10-12-18-35)61-48-22-15-21-44(51-49(62)27-25-43-42-20-13-14-23-50(42)63-54(43)51)53(48)60-55(61)38-29-37(31-40(32-38)57(4,5)6)46-34-41(58(7,8)9)30-36-19-16-28-59-52(36)46;/h10-28,30-34,62H,1-9H3;/q-1;. The molecular weight excluding hydrogens is 966 g/mol. The van der Waals surface area contributed by atoms with Crippen LogP contribution in [0.5, 0.6) is 5.75 Å². The Labute approximate surface area is 390 Å². The molecule has 0 aliphatic heterocycles. The SMILES string of the molecule is CC(C)(C)c1cc(-c2cc(C(C)(C)C)cc3cccnc23)[c-]c(-c2nc3c(-c4c(O)ccc5c4oc4ccccc45)cccc3n2-c2ccc(C(C)(C)C)cc2-c2ccccc2)c1.[Pt]. The molecule has 322 valence electrons. The minimum Gasteiger partial charge on any atom is -0.507 e. The van der Waals surface area contributed by atoms with Crippen molar-refractivity contribution in [1.82, 2.24) is 14.5 Å². The Morgan fingerprint density at radius 1 is 0.562 bits per heavy atom. The normalized spacial score (nSPS) is 12.4. The molecule has 0 unspecified atom stereocenters. The molecule has 0 saturated carbocycles. The third kappa shape index (κ3) is 7.44. The Balaban J connectivity index is 0.00000518. The minimum atomic E-state index is -0.211. The topological polar surface area (TPSA) is 64.1 Å². The van der Waals surface area contributed by atoms with Gasteiger partial charge in [0.25, 0.3) is 0 Å². The van der Waals surface area contributed by atoms with Gasteiger partial charge in [-0.15, -0.1) is 29.3 Å². The second-order valence-corrected chi connectivity index (χ2v) is 20.0. The van der Waals surface area contributed by atoms with Crippen molar-refractivity contribution in [3.63, 3.8) is 0 Å². The van der Waals surface area contributed by atoms with Crippen LogP contribution in [0, 0.1) is 6.07 Å². The van der Waals surface area contributed by atoms with Gasteiger partial charge in [0, 0.05) is 60.4 Å². The molecule has 3 aromatic heterocycles. The van der Waals surface area contributed by atoms with Crippen molar-refractivity contribution >= 4 is 43.9 Å². The quantitative estimate of drug-likeness (QED) is 0.175. The van der Waals surface area contributed by atoms with Crippen LogP contribution in [0.4, 0.5) is 0 Å². The summed E-state index contributed by atoms with van der Waals surface area (Å²) in [6.45, 7) is 20.3. The zero-order valence-corrected chi connectivity index (χ0v) is 40.1. The Morgan fingerprint density at radius 3 is 2.00 bits per heavy atom. The molecule has 0 radical (unpaired) electrons. The van der Waals surface area contributed by atoms with Gasteiger partial charge in [0.05, 0.1) is 22.4 Å². The summed E-state index contributed by atoms with van der Waals surface area (Å²) in [5.41, 5.74) is 14.7. The van der Waals surface area contributed by atoms with Gasteiger partial charge < -0.3 is 14.1 Å². The number of imidazole rings is 1. The molecule has 0 amide bonds. The second kappa shape index (κ2) is 15.7. The Morgan fingerprint density at radius 2 is 1.25 bits per heavy atom. The van der Waals surface area contributed by atoms with Crippen molar-refractivity contribution < 1.29 is 30.6 Å². The first kappa shape index (κ1) is 43.0. The molecule has 1 N–H and O–H groups in total. The number of hydrogen-bond acceptors (Lipinski definition) is 4. The Hall–Kier alpha value is -6.29. The molecule has 0 fully saturated rings. The number of pyridine rings is 1. The van der Waals surface area contributed by atoms with Crippen LogP contribution in [-0.2, 0) is 37.3 Å². The van der Waals surface area contributed by atoms with Crippen LogP contribution in [0.25, 0.3) is 94.3 Å². The summed E-state index contributed by atoms with van der Waals surface area (Å²) >= 11 is 0. The number of aromatic nitrogens is 3. The van der Waals surface area contributed by atoms with Gasteiger partial charge in [-0.1, -0.05) is 158 Å². The fraction of sp³-hybridized carbons (Fsp3) is 0.207. The third-order valence-corrected chi connectivity index (χ3v) is 12.5. The first-order valence-corrected chi connectivity index (χ1v) is 21.9. The summed E-state index contributed by atoms with van der Waals surface area (Å²) in [6.07, 6.45) is 1.88. The number of para-hydroxylation sites is 2. The van der Waals surface area contributed by atoms with E-state index in [1.54, 1.807) is 6.07 Å². The molecule has 0 aliphatic carbocycles. The van der Waals surface area contributed by atoms with Crippen molar-refractivity contribution in [3.8, 4) is 56.2 Å². The number of fused-ring (bicyclic) bond motifs is 5. The van der Waals surface area contributed by atoms with E-state index in [2.05, 4.69) is 170 Å². The van der Waals surface area contributed by atoms with E-state index in [9.17, 15) is 5.11 Å². The largest absolute Gasteiger partial charge is 0.507 e. The summed E-state index contributed by atoms with van der Waals surface area (Å²) in [7, 11) is 0. The van der Waals surface area contributed by atoms with E-state index in [0.29, 0.717) is 11.1 Å². The van der Waals surface area contributed by atoms with E-state index < -0.39 is 0 Å². The van der Waals surface area contributed by atoms with Crippen molar-refractivity contribution in [2.24, 2.45) is 0 Å². The van der Waals surface area contributed by atoms with Crippen LogP contribution < -0.4 is 0 Å². The van der Waals surface area contributed by atoms with Crippen LogP contribution in [0.15, 0.2) is 150 Å². The number of phenols is 1. The van der Waals surface area contributed by atoms with Crippen molar-refractivity contribution in [2.45, 2.75) is 78.6 Å². The van der Waals surface area contributed by atoms with Gasteiger partial charge in [-0.3, -0.25) is 9.97 Å². The number of furan rings is 1. The molecule has 0 bridgehead atoms. The summed E-state index contributed by atoms with van der Waals surface area (Å²) < 4.78 is 8.87. The van der Waals surface area contributed by atoms with Gasteiger partial charge in [-0.05, 0) is 80.8 Å². The predicted molar refractivity (Wildman–Crippen MR) is 262 cm³/mol. The number of aromatic hydroxyl groups is 1. The molecule has 0 atom stereocenters. The molecule has 3 heterocycles. The first-order chi connectivity index (χ1) is 30.0. The molecule has 7 aromatic carbocycles. The number of hydrogen-bond donors (Lipinski definition) is 1. The molecule has 0 spiro atoms. The Bertz CT molecular complexity index is 3410. The van der Waals surface area contributed by atoms with Gasteiger partial charge in [-0.2, -0.15) is 0 Å². The molecular formula is C58H52N3O2Pt-. The van der Waals surface area contributed by atoms with Gasteiger partial charge in [0.1, 0.15) is 16.9 Å². The molecule has 0 saturated heterocycles. The van der Waals surface area contributed by atoms with E-state index in [-0.39, 0.29) is 43.1 Å². The van der Waals surface area contributed by atoms with Gasteiger partial charge >= 0.3 is 0 Å². The van der Waals surface area contributed by atoms with Crippen LogP contribution in [0.1, 0.15) is 79.0 Å². The number of rotatable bonds is 5. The summed E-state index contributed by atoms with van der Waals surface area (Å²) in [6, 6.07) is 52.7. The fourth-order valence-corrected chi connectivity index (χ4v) is 8.91. The van der Waals surface area contributed by atoms with Crippen LogP contribution >= 0.6 is 0 Å². The van der Waals surface area contributed by atoms with Crippen molar-refractivity contribution in [1.29, 1.82) is 0 Å². The molecule has 0 aliphatic rings. The number of benzene rings is 7. The van der Waals surface area contributed by atoms with Crippen molar-refractivity contribution in [2.75, 3.05) is 0 Å². The summed E-state index contributed by atoms with van der Waals surface area (Å²) in [5, 5.41) is 14.8. The summed E-state index contributed by atoms with van der Waals surface area (Å²) in [4.78, 5) is 10.7. The van der Waals surface area contributed by atoms with Crippen LogP contribution in [0.3, 0.4) is 0 Å². The Kier molecular flexibility index (Phi) is 10.6. The molecule has 10 rings (SSSR count). The van der Waals surface area contributed by atoms with E-state index in [1.165, 1.54) is 11.1 Å². The van der Waals surface area contributed by atoms with Gasteiger partial charge in [-0.25, -0.2) is 0 Å². The van der Waals surface area contributed by atoms with E-state index >= 15 is 0 Å².